The van der Waals surface area contributed by atoms with Crippen LogP contribution in [0.1, 0.15) is 61.5 Å². The highest BCUT2D eigenvalue weighted by molar-refractivity contribution is 7.99. The summed E-state index contributed by atoms with van der Waals surface area (Å²) in [5.74, 6) is 0.212. The Labute approximate surface area is 201 Å². The maximum Gasteiger partial charge on any atom is 0.301 e. The predicted molar refractivity (Wildman–Crippen MR) is 137 cm³/mol. The number of benzene rings is 2. The highest BCUT2D eigenvalue weighted by Crippen LogP contribution is 2.35. The first-order valence-corrected chi connectivity index (χ1v) is 13.0. The van der Waals surface area contributed by atoms with Crippen molar-refractivity contribution in [3.8, 4) is 5.69 Å². The molecule has 0 bridgehead atoms. The van der Waals surface area contributed by atoms with Crippen molar-refractivity contribution >= 4 is 29.1 Å². The lowest BCUT2D eigenvalue weighted by Crippen LogP contribution is -2.32. The molecule has 1 aromatic heterocycles. The lowest BCUT2D eigenvalue weighted by molar-refractivity contribution is -0.114. The molecule has 0 fully saturated rings. The summed E-state index contributed by atoms with van der Waals surface area (Å²) in [5.41, 5.74) is 3.33. The molecule has 4 nitrogen and oxygen atoms in total. The quantitative estimate of drug-likeness (QED) is 0.171. The molecule has 2 aromatic carbocycles. The zero-order valence-corrected chi connectivity index (χ0v) is 20.2. The van der Waals surface area contributed by atoms with E-state index in [2.05, 4.69) is 13.0 Å². The molecule has 4 rings (SSSR count). The fraction of sp³-hybridized carbons (Fsp3) is 0.357. The van der Waals surface area contributed by atoms with E-state index < -0.39 is 11.7 Å². The number of Topliss-reactive ketones (excluding diaryl/α,β-unsaturated/α-hetero) is 1. The van der Waals surface area contributed by atoms with E-state index in [0.29, 0.717) is 12.2 Å². The van der Waals surface area contributed by atoms with Gasteiger partial charge in [0.2, 0.25) is 0 Å². The molecule has 172 valence electrons. The Kier molecular flexibility index (Phi) is 8.05. The molecule has 0 unspecified atom stereocenters. The van der Waals surface area contributed by atoms with Crippen LogP contribution >= 0.6 is 11.8 Å². The number of hydrogen-bond donors (Lipinski definition) is 0. The van der Waals surface area contributed by atoms with Gasteiger partial charge in [0.05, 0.1) is 11.4 Å². The van der Waals surface area contributed by atoms with E-state index >= 15 is 0 Å². The number of para-hydroxylation sites is 1. The molecule has 3 aromatic rings. The van der Waals surface area contributed by atoms with Crippen molar-refractivity contribution in [1.29, 1.82) is 0 Å². The number of unbranched alkanes of at least 4 members (excludes halogenated alkanes) is 5. The van der Waals surface area contributed by atoms with Gasteiger partial charge in [0.15, 0.2) is 0 Å². The van der Waals surface area contributed by atoms with Gasteiger partial charge in [0.1, 0.15) is 5.69 Å². The number of anilines is 1. The van der Waals surface area contributed by atoms with Crippen LogP contribution in [0.5, 0.6) is 0 Å². The van der Waals surface area contributed by atoms with E-state index in [1.165, 1.54) is 38.5 Å². The highest BCUT2D eigenvalue weighted by Gasteiger charge is 2.39. The van der Waals surface area contributed by atoms with Gasteiger partial charge < -0.3 is 9.47 Å². The third-order valence-corrected chi connectivity index (χ3v) is 7.31. The van der Waals surface area contributed by atoms with Crippen LogP contribution in [0.15, 0.2) is 71.8 Å². The second-order valence-electron chi connectivity index (χ2n) is 8.53. The average molecular weight is 461 g/mol. The van der Waals surface area contributed by atoms with Gasteiger partial charge >= 0.3 is 5.91 Å². The Bertz CT molecular complexity index is 1090. The topological polar surface area (TPSA) is 42.3 Å². The molecule has 2 heterocycles. The van der Waals surface area contributed by atoms with Crippen molar-refractivity contribution in [3.63, 3.8) is 0 Å². The monoisotopic (exact) mass is 460 g/mol. The number of ketones is 1. The van der Waals surface area contributed by atoms with Gasteiger partial charge in [-0.05, 0) is 42.4 Å². The van der Waals surface area contributed by atoms with Crippen LogP contribution in [0.4, 0.5) is 5.69 Å². The second-order valence-corrected chi connectivity index (χ2v) is 9.66. The molecule has 0 atom stereocenters. The molecule has 5 heteroatoms. The summed E-state index contributed by atoms with van der Waals surface area (Å²) in [6.45, 7) is 2.74. The second kappa shape index (κ2) is 11.4. The Morgan fingerprint density at radius 1 is 0.788 bits per heavy atom. The first-order chi connectivity index (χ1) is 16.2. The largest absolute Gasteiger partial charge is 0.311 e. The molecule has 0 aliphatic carbocycles. The highest BCUT2D eigenvalue weighted by atomic mass is 32.2. The standard InChI is InChI=1S/C28H32N2O2S/c1-2-3-4-5-6-12-21-33-25-16-11-10-15-23(25)29-20-18-24-26(29)27(31)28(32)30(24)19-17-22-13-8-7-9-14-22/h7-11,13-16,18,20H,2-6,12,17,19,21H2,1H3. The molecule has 1 aliphatic heterocycles. The molecule has 0 N–H and O–H groups in total. The first-order valence-electron chi connectivity index (χ1n) is 12.0. The molecule has 0 saturated carbocycles. The molecule has 0 saturated heterocycles. The third-order valence-electron chi connectivity index (χ3n) is 6.16. The fourth-order valence-corrected chi connectivity index (χ4v) is 5.41. The van der Waals surface area contributed by atoms with Crippen molar-refractivity contribution in [1.82, 2.24) is 4.57 Å². The van der Waals surface area contributed by atoms with Crippen LogP contribution in [-0.2, 0) is 11.2 Å². The van der Waals surface area contributed by atoms with Crippen LogP contribution in [0.2, 0.25) is 0 Å². The van der Waals surface area contributed by atoms with Crippen LogP contribution in [0.25, 0.3) is 5.69 Å². The number of carbonyl (C=O) groups is 2. The number of fused-ring (bicyclic) bond motifs is 1. The van der Waals surface area contributed by atoms with Crippen LogP contribution < -0.4 is 4.90 Å². The molecule has 0 spiro atoms. The summed E-state index contributed by atoms with van der Waals surface area (Å²) in [6.07, 6.45) is 10.3. The van der Waals surface area contributed by atoms with Gasteiger partial charge in [0, 0.05) is 17.6 Å². The van der Waals surface area contributed by atoms with E-state index in [1.54, 1.807) is 4.90 Å². The van der Waals surface area contributed by atoms with Gasteiger partial charge in [-0.3, -0.25) is 9.59 Å². The molecule has 1 amide bonds. The van der Waals surface area contributed by atoms with Crippen molar-refractivity contribution in [2.75, 3.05) is 17.2 Å². The van der Waals surface area contributed by atoms with Crippen LogP contribution in [0.3, 0.4) is 0 Å². The van der Waals surface area contributed by atoms with Gasteiger partial charge in [-0.15, -0.1) is 11.8 Å². The third kappa shape index (κ3) is 5.41. The summed E-state index contributed by atoms with van der Waals surface area (Å²) in [4.78, 5) is 28.5. The maximum absolute atomic E-state index is 13.0. The van der Waals surface area contributed by atoms with Crippen molar-refractivity contribution in [2.45, 2.75) is 56.8 Å². The van der Waals surface area contributed by atoms with E-state index in [0.717, 1.165) is 34.0 Å². The number of hydrogen-bond acceptors (Lipinski definition) is 3. The Morgan fingerprint density at radius 3 is 2.33 bits per heavy atom. The van der Waals surface area contributed by atoms with Gasteiger partial charge in [0.25, 0.3) is 5.78 Å². The van der Waals surface area contributed by atoms with E-state index in [1.807, 2.05) is 77.1 Å². The minimum absolute atomic E-state index is 0.418. The number of carbonyl (C=O) groups excluding carboxylic acids is 2. The summed E-state index contributed by atoms with van der Waals surface area (Å²) >= 11 is 1.83. The number of nitrogens with zero attached hydrogens (tertiary/aromatic N) is 2. The molecular weight excluding hydrogens is 428 g/mol. The van der Waals surface area contributed by atoms with Gasteiger partial charge in [-0.25, -0.2) is 0 Å². The van der Waals surface area contributed by atoms with E-state index in [9.17, 15) is 9.59 Å². The van der Waals surface area contributed by atoms with Crippen molar-refractivity contribution < 1.29 is 9.59 Å². The summed E-state index contributed by atoms with van der Waals surface area (Å²) < 4.78 is 1.90. The van der Waals surface area contributed by atoms with E-state index in [-0.39, 0.29) is 0 Å². The van der Waals surface area contributed by atoms with Crippen LogP contribution in [0, 0.1) is 0 Å². The normalized spacial score (nSPS) is 13.1. The fourth-order valence-electron chi connectivity index (χ4n) is 4.35. The van der Waals surface area contributed by atoms with Gasteiger partial charge in [-0.1, -0.05) is 81.5 Å². The smallest absolute Gasteiger partial charge is 0.301 e. The van der Waals surface area contributed by atoms with Crippen molar-refractivity contribution in [3.05, 3.63) is 78.1 Å². The lowest BCUT2D eigenvalue weighted by atomic mass is 10.1. The summed E-state index contributed by atoms with van der Waals surface area (Å²) in [6, 6.07) is 20.1. The number of aromatic nitrogens is 1. The molecule has 0 radical (unpaired) electrons. The number of rotatable bonds is 12. The molecular formula is C28H32N2O2S. The number of amides is 1. The Hall–Kier alpha value is -2.79. The average Bonchev–Trinajstić information content (AvgIpc) is 3.37. The SMILES string of the molecule is CCCCCCCCSc1ccccc1-n1ccc2c1C(=O)C(=O)N2CCc1ccccc1. The maximum atomic E-state index is 13.0. The first kappa shape index (κ1) is 23.4. The summed E-state index contributed by atoms with van der Waals surface area (Å²) in [7, 11) is 0. The Balaban J connectivity index is 1.47. The Morgan fingerprint density at radius 2 is 1.52 bits per heavy atom. The predicted octanol–water partition coefficient (Wildman–Crippen LogP) is 6.70. The zero-order chi connectivity index (χ0) is 23.0. The zero-order valence-electron chi connectivity index (χ0n) is 19.3. The molecule has 33 heavy (non-hydrogen) atoms. The lowest BCUT2D eigenvalue weighted by Gasteiger charge is -2.14. The van der Waals surface area contributed by atoms with E-state index in [4.69, 9.17) is 0 Å². The summed E-state index contributed by atoms with van der Waals surface area (Å²) in [5, 5.41) is 0. The minimum atomic E-state index is -0.428. The van der Waals surface area contributed by atoms with Crippen LogP contribution in [-0.4, -0.2) is 28.6 Å². The molecule has 1 aliphatic rings. The van der Waals surface area contributed by atoms with Crippen molar-refractivity contribution in [2.24, 2.45) is 0 Å². The van der Waals surface area contributed by atoms with Gasteiger partial charge in [-0.2, -0.15) is 0 Å². The minimum Gasteiger partial charge on any atom is -0.311 e. The number of thioether (sulfide) groups is 1.